The van der Waals surface area contributed by atoms with Gasteiger partial charge in [-0.2, -0.15) is 0 Å². The summed E-state index contributed by atoms with van der Waals surface area (Å²) < 4.78 is 19.6. The highest BCUT2D eigenvalue weighted by Gasteiger charge is 2.13. The Hall–Kier alpha value is -2.75. The van der Waals surface area contributed by atoms with E-state index in [1.54, 1.807) is 18.2 Å². The SMILES string of the molecule is Cc1nc2cc(-c3csc(Nc4cc(S(N)=O)ccc4OC(C)C)n3)ccc2n1C. The van der Waals surface area contributed by atoms with E-state index in [9.17, 15) is 4.21 Å². The molecule has 0 bridgehead atoms. The number of imidazole rings is 1. The second-order valence-electron chi connectivity index (χ2n) is 7.21. The highest BCUT2D eigenvalue weighted by atomic mass is 32.2. The summed E-state index contributed by atoms with van der Waals surface area (Å²) in [7, 11) is 0.431. The van der Waals surface area contributed by atoms with Crippen LogP contribution < -0.4 is 15.2 Å². The number of hydrogen-bond acceptors (Lipinski definition) is 6. The van der Waals surface area contributed by atoms with Crippen LogP contribution >= 0.6 is 11.3 Å². The molecule has 0 saturated heterocycles. The molecule has 0 saturated carbocycles. The van der Waals surface area contributed by atoms with Gasteiger partial charge in [0, 0.05) is 18.0 Å². The van der Waals surface area contributed by atoms with Crippen LogP contribution in [-0.2, 0) is 18.0 Å². The van der Waals surface area contributed by atoms with Crippen LogP contribution in [-0.4, -0.2) is 24.8 Å². The van der Waals surface area contributed by atoms with Gasteiger partial charge in [0.25, 0.3) is 0 Å². The zero-order valence-electron chi connectivity index (χ0n) is 17.2. The summed E-state index contributed by atoms with van der Waals surface area (Å²) >= 11 is 1.48. The molecule has 1 unspecified atom stereocenters. The molecular formula is C21H23N5O2S2. The number of nitrogens with one attached hydrogen (secondary N) is 1. The van der Waals surface area contributed by atoms with Crippen LogP contribution in [0.1, 0.15) is 19.7 Å². The molecule has 2 aromatic heterocycles. The maximum Gasteiger partial charge on any atom is 0.187 e. The normalized spacial score (nSPS) is 12.5. The quantitative estimate of drug-likeness (QED) is 0.459. The van der Waals surface area contributed by atoms with Gasteiger partial charge in [-0.3, -0.25) is 0 Å². The number of nitrogens with zero attached hydrogens (tertiary/aromatic N) is 3. The molecule has 0 aliphatic heterocycles. The first kappa shape index (κ1) is 20.5. The lowest BCUT2D eigenvalue weighted by Gasteiger charge is -2.15. The average molecular weight is 442 g/mol. The first-order chi connectivity index (χ1) is 14.3. The molecule has 2 aromatic carbocycles. The lowest BCUT2D eigenvalue weighted by molar-refractivity contribution is 0.243. The van der Waals surface area contributed by atoms with E-state index in [0.717, 1.165) is 28.1 Å². The van der Waals surface area contributed by atoms with E-state index in [2.05, 4.69) is 20.9 Å². The molecule has 30 heavy (non-hydrogen) atoms. The lowest BCUT2D eigenvalue weighted by Crippen LogP contribution is -2.09. The molecule has 0 amide bonds. The summed E-state index contributed by atoms with van der Waals surface area (Å²) in [4.78, 5) is 9.84. The Labute approximate surface area is 181 Å². The second-order valence-corrected chi connectivity index (χ2v) is 9.13. The van der Waals surface area contributed by atoms with Gasteiger partial charge in [-0.15, -0.1) is 11.3 Å². The van der Waals surface area contributed by atoms with Crippen molar-refractivity contribution in [1.82, 2.24) is 14.5 Å². The van der Waals surface area contributed by atoms with E-state index in [1.165, 1.54) is 11.3 Å². The van der Waals surface area contributed by atoms with Crippen molar-refractivity contribution in [2.75, 3.05) is 5.32 Å². The standard InChI is InChI=1S/C21H23N5O2S2/c1-12(2)28-20-8-6-15(30(22)27)10-17(20)24-21-25-18(11-29-21)14-5-7-19-16(9-14)23-13(3)26(19)4/h5-12H,22H2,1-4H3,(H,24,25). The smallest absolute Gasteiger partial charge is 0.187 e. The summed E-state index contributed by atoms with van der Waals surface area (Å²) in [6.45, 7) is 5.90. The third kappa shape index (κ3) is 4.09. The molecule has 4 aromatic rings. The maximum absolute atomic E-state index is 11.7. The van der Waals surface area contributed by atoms with Gasteiger partial charge in [0.1, 0.15) is 22.6 Å². The first-order valence-corrected chi connectivity index (χ1v) is 11.5. The summed E-state index contributed by atoms with van der Waals surface area (Å²) in [5, 5.41) is 11.5. The maximum atomic E-state index is 11.7. The zero-order chi connectivity index (χ0) is 21.4. The number of nitrogens with two attached hydrogens (primary N) is 1. The van der Waals surface area contributed by atoms with Crippen LogP contribution in [0, 0.1) is 6.92 Å². The van der Waals surface area contributed by atoms with Gasteiger partial charge in [0.05, 0.1) is 33.4 Å². The highest BCUT2D eigenvalue weighted by molar-refractivity contribution is 7.82. The molecule has 7 nitrogen and oxygen atoms in total. The highest BCUT2D eigenvalue weighted by Crippen LogP contribution is 2.34. The second kappa shape index (κ2) is 8.17. The van der Waals surface area contributed by atoms with Crippen molar-refractivity contribution in [1.29, 1.82) is 0 Å². The Bertz CT molecular complexity index is 1250. The van der Waals surface area contributed by atoms with Gasteiger partial charge in [-0.05, 0) is 51.1 Å². The van der Waals surface area contributed by atoms with E-state index in [-0.39, 0.29) is 6.10 Å². The Morgan fingerprint density at radius 3 is 2.73 bits per heavy atom. The van der Waals surface area contributed by atoms with Crippen LogP contribution in [0.15, 0.2) is 46.7 Å². The summed E-state index contributed by atoms with van der Waals surface area (Å²) in [6.07, 6.45) is 0.000173. The van der Waals surface area contributed by atoms with Gasteiger partial charge in [-0.1, -0.05) is 6.07 Å². The first-order valence-electron chi connectivity index (χ1n) is 9.44. The minimum atomic E-state index is -1.58. The van der Waals surface area contributed by atoms with Crippen LogP contribution in [0.3, 0.4) is 0 Å². The van der Waals surface area contributed by atoms with Crippen molar-refractivity contribution < 1.29 is 8.95 Å². The van der Waals surface area contributed by atoms with Crippen LogP contribution in [0.5, 0.6) is 5.75 Å². The fourth-order valence-electron chi connectivity index (χ4n) is 3.15. The molecular weight excluding hydrogens is 418 g/mol. The van der Waals surface area contributed by atoms with E-state index in [1.807, 2.05) is 45.3 Å². The third-order valence-electron chi connectivity index (χ3n) is 4.69. The van der Waals surface area contributed by atoms with E-state index in [0.29, 0.717) is 21.5 Å². The molecule has 1 atom stereocenters. The fraction of sp³-hybridized carbons (Fsp3) is 0.238. The Kier molecular flexibility index (Phi) is 5.59. The van der Waals surface area contributed by atoms with Crippen molar-refractivity contribution in [2.24, 2.45) is 12.2 Å². The zero-order valence-corrected chi connectivity index (χ0v) is 18.8. The molecule has 0 spiro atoms. The third-order valence-corrected chi connectivity index (χ3v) is 6.17. The van der Waals surface area contributed by atoms with Gasteiger partial charge in [0.15, 0.2) is 5.13 Å². The largest absolute Gasteiger partial charge is 0.489 e. The fourth-order valence-corrected chi connectivity index (χ4v) is 4.32. The van der Waals surface area contributed by atoms with Crippen LogP contribution in [0.25, 0.3) is 22.3 Å². The summed E-state index contributed by atoms with van der Waals surface area (Å²) in [5.74, 6) is 1.62. The number of rotatable bonds is 6. The number of benzene rings is 2. The molecule has 0 fully saturated rings. The molecule has 0 aliphatic carbocycles. The molecule has 156 valence electrons. The monoisotopic (exact) mass is 441 g/mol. The van der Waals surface area contributed by atoms with Gasteiger partial charge in [-0.25, -0.2) is 19.3 Å². The minimum absolute atomic E-state index is 0.000173. The van der Waals surface area contributed by atoms with Crippen LogP contribution in [0.2, 0.25) is 0 Å². The molecule has 2 heterocycles. The number of aromatic nitrogens is 3. The van der Waals surface area contributed by atoms with E-state index in [4.69, 9.17) is 14.9 Å². The van der Waals surface area contributed by atoms with Crippen molar-refractivity contribution in [2.45, 2.75) is 31.8 Å². The number of anilines is 2. The van der Waals surface area contributed by atoms with Crippen molar-refractivity contribution in [3.05, 3.63) is 47.6 Å². The molecule has 0 radical (unpaired) electrons. The van der Waals surface area contributed by atoms with Gasteiger partial charge < -0.3 is 14.6 Å². The topological polar surface area (TPSA) is 95.1 Å². The summed E-state index contributed by atoms with van der Waals surface area (Å²) in [6, 6.07) is 11.4. The van der Waals surface area contributed by atoms with Crippen LogP contribution in [0.4, 0.5) is 10.8 Å². The van der Waals surface area contributed by atoms with Crippen molar-refractivity contribution in [3.63, 3.8) is 0 Å². The van der Waals surface area contributed by atoms with Crippen molar-refractivity contribution >= 4 is 44.2 Å². The average Bonchev–Trinajstić information content (AvgIpc) is 3.27. The summed E-state index contributed by atoms with van der Waals surface area (Å²) in [5.41, 5.74) is 4.57. The number of hydrogen-bond donors (Lipinski definition) is 2. The number of ether oxygens (including phenoxy) is 1. The molecule has 0 aliphatic rings. The van der Waals surface area contributed by atoms with Gasteiger partial charge in [0.2, 0.25) is 0 Å². The Balaban J connectivity index is 1.65. The van der Waals surface area contributed by atoms with E-state index >= 15 is 0 Å². The number of aryl methyl sites for hydroxylation is 2. The molecule has 9 heteroatoms. The number of thiazole rings is 1. The van der Waals surface area contributed by atoms with E-state index < -0.39 is 11.0 Å². The predicted octanol–water partition coefficient (Wildman–Crippen LogP) is 4.52. The minimum Gasteiger partial charge on any atom is -0.489 e. The van der Waals surface area contributed by atoms with Crippen molar-refractivity contribution in [3.8, 4) is 17.0 Å². The Morgan fingerprint density at radius 2 is 2.00 bits per heavy atom. The number of fused-ring (bicyclic) bond motifs is 1. The molecule has 4 rings (SSSR count). The molecule has 3 N–H and O–H groups in total. The Morgan fingerprint density at radius 1 is 1.20 bits per heavy atom. The lowest BCUT2D eigenvalue weighted by atomic mass is 10.1. The van der Waals surface area contributed by atoms with Gasteiger partial charge >= 0.3 is 0 Å². The predicted molar refractivity (Wildman–Crippen MR) is 123 cm³/mol.